The van der Waals surface area contributed by atoms with Crippen molar-refractivity contribution in [3.8, 4) is 0 Å². The van der Waals surface area contributed by atoms with E-state index in [-0.39, 0.29) is 5.97 Å². The van der Waals surface area contributed by atoms with Gasteiger partial charge in [0, 0.05) is 6.42 Å². The topological polar surface area (TPSA) is 81.0 Å². The zero-order valence-electron chi connectivity index (χ0n) is 11.5. The molecule has 0 unspecified atom stereocenters. The maximum Gasteiger partial charge on any atom is 0.338 e. The number of benzene rings is 1. The maximum absolute atomic E-state index is 12.0. The molecule has 1 aromatic carbocycles. The molecule has 2 aromatic rings. The maximum atomic E-state index is 12.0. The highest BCUT2D eigenvalue weighted by atomic mass is 16.6. The largest absolute Gasteiger partial charge is 0.456 e. The molecule has 0 atom stereocenters. The summed E-state index contributed by atoms with van der Waals surface area (Å²) in [5.74, 6) is 0.503. The van der Waals surface area contributed by atoms with E-state index < -0.39 is 5.60 Å². The number of aromatic nitrogens is 2. The van der Waals surface area contributed by atoms with E-state index >= 15 is 0 Å². The molecule has 3 N–H and O–H groups in total. The Morgan fingerprint density at radius 1 is 1.42 bits per heavy atom. The van der Waals surface area contributed by atoms with Gasteiger partial charge in [-0.3, -0.25) is 0 Å². The molecule has 0 bridgehead atoms. The Kier molecular flexibility index (Phi) is 3.57. The number of nitrogens with zero attached hydrogens (tertiary/aromatic N) is 1. The number of carbonyl (C=O) groups is 1. The van der Waals surface area contributed by atoms with Gasteiger partial charge in [0.05, 0.1) is 16.6 Å². The molecule has 102 valence electrons. The minimum absolute atomic E-state index is 0.329. The van der Waals surface area contributed by atoms with Gasteiger partial charge < -0.3 is 15.5 Å². The van der Waals surface area contributed by atoms with Gasteiger partial charge in [-0.2, -0.15) is 0 Å². The Morgan fingerprint density at radius 2 is 2.16 bits per heavy atom. The lowest BCUT2D eigenvalue weighted by atomic mass is 10.1. The smallest absolute Gasteiger partial charge is 0.338 e. The van der Waals surface area contributed by atoms with Crippen molar-refractivity contribution in [2.24, 2.45) is 5.73 Å². The fourth-order valence-corrected chi connectivity index (χ4v) is 1.78. The Bertz CT molecular complexity index is 596. The van der Waals surface area contributed by atoms with Crippen LogP contribution >= 0.6 is 0 Å². The van der Waals surface area contributed by atoms with Crippen LogP contribution in [0.25, 0.3) is 11.0 Å². The van der Waals surface area contributed by atoms with Gasteiger partial charge in [-0.05, 0) is 45.5 Å². The third kappa shape index (κ3) is 3.32. The first-order valence-corrected chi connectivity index (χ1v) is 6.31. The van der Waals surface area contributed by atoms with Crippen molar-refractivity contribution in [1.29, 1.82) is 0 Å². The zero-order chi connectivity index (χ0) is 14.0. The Hall–Kier alpha value is -1.88. The number of fused-ring (bicyclic) bond motifs is 1. The third-order valence-electron chi connectivity index (χ3n) is 2.55. The van der Waals surface area contributed by atoms with Crippen LogP contribution < -0.4 is 5.73 Å². The van der Waals surface area contributed by atoms with Crippen LogP contribution in [0, 0.1) is 0 Å². The molecule has 1 aromatic heterocycles. The first-order chi connectivity index (χ1) is 8.89. The number of ether oxygens (including phenoxy) is 1. The molecule has 1 heterocycles. The van der Waals surface area contributed by atoms with E-state index in [1.165, 1.54) is 0 Å². The number of hydrogen-bond acceptors (Lipinski definition) is 4. The predicted octanol–water partition coefficient (Wildman–Crippen LogP) is 2.02. The number of esters is 1. The van der Waals surface area contributed by atoms with Gasteiger partial charge in [0.25, 0.3) is 0 Å². The number of hydrogen-bond donors (Lipinski definition) is 2. The summed E-state index contributed by atoms with van der Waals surface area (Å²) in [5.41, 5.74) is 7.17. The van der Waals surface area contributed by atoms with E-state index in [4.69, 9.17) is 10.5 Å². The molecule has 0 spiro atoms. The zero-order valence-corrected chi connectivity index (χ0v) is 11.5. The van der Waals surface area contributed by atoms with Crippen LogP contribution in [0.4, 0.5) is 0 Å². The molecular formula is C14H19N3O2. The van der Waals surface area contributed by atoms with Gasteiger partial charge in [0.15, 0.2) is 0 Å². The van der Waals surface area contributed by atoms with Crippen molar-refractivity contribution in [2.45, 2.75) is 32.8 Å². The summed E-state index contributed by atoms with van der Waals surface area (Å²) in [7, 11) is 0. The first-order valence-electron chi connectivity index (χ1n) is 6.31. The van der Waals surface area contributed by atoms with Gasteiger partial charge in [-0.1, -0.05) is 0 Å². The van der Waals surface area contributed by atoms with Gasteiger partial charge in [-0.15, -0.1) is 0 Å². The predicted molar refractivity (Wildman–Crippen MR) is 74.0 cm³/mol. The highest BCUT2D eigenvalue weighted by Gasteiger charge is 2.18. The van der Waals surface area contributed by atoms with Crippen molar-refractivity contribution in [1.82, 2.24) is 9.97 Å². The van der Waals surface area contributed by atoms with Crippen LogP contribution in [0.5, 0.6) is 0 Å². The fraction of sp³-hybridized carbons (Fsp3) is 0.429. The first kappa shape index (κ1) is 13.5. The van der Waals surface area contributed by atoms with Crippen LogP contribution in [0.15, 0.2) is 18.2 Å². The molecule has 0 aliphatic heterocycles. The van der Waals surface area contributed by atoms with Crippen molar-refractivity contribution in [3.05, 3.63) is 29.6 Å². The molecule has 5 nitrogen and oxygen atoms in total. The summed E-state index contributed by atoms with van der Waals surface area (Å²) < 4.78 is 5.33. The number of H-pyrrole nitrogens is 1. The normalized spacial score (nSPS) is 11.8. The molecular weight excluding hydrogens is 242 g/mol. The second-order valence-electron chi connectivity index (χ2n) is 5.46. The van der Waals surface area contributed by atoms with E-state index in [2.05, 4.69) is 9.97 Å². The van der Waals surface area contributed by atoms with Crippen LogP contribution in [0.1, 0.15) is 37.0 Å². The fourth-order valence-electron chi connectivity index (χ4n) is 1.78. The van der Waals surface area contributed by atoms with Gasteiger partial charge in [0.1, 0.15) is 11.4 Å². The van der Waals surface area contributed by atoms with Crippen molar-refractivity contribution in [2.75, 3.05) is 6.54 Å². The standard InChI is InChI=1S/C14H19N3O2/c1-14(2,3)19-13(18)9-4-5-10-11(8-9)17-12(16-10)6-7-15/h4-5,8H,6-7,15H2,1-3H3,(H,16,17). The minimum atomic E-state index is -0.495. The Labute approximate surface area is 112 Å². The van der Waals surface area contributed by atoms with E-state index in [0.717, 1.165) is 16.9 Å². The number of carbonyl (C=O) groups excluding carboxylic acids is 1. The average Bonchev–Trinajstić information content (AvgIpc) is 2.68. The molecule has 0 aliphatic rings. The van der Waals surface area contributed by atoms with Gasteiger partial charge in [0.2, 0.25) is 0 Å². The molecule has 0 saturated carbocycles. The molecule has 0 aliphatic carbocycles. The Balaban J connectivity index is 2.28. The summed E-state index contributed by atoms with van der Waals surface area (Å²) in [6, 6.07) is 5.30. The van der Waals surface area contributed by atoms with Crippen molar-refractivity contribution < 1.29 is 9.53 Å². The lowest BCUT2D eigenvalue weighted by Crippen LogP contribution is -2.23. The molecule has 19 heavy (non-hydrogen) atoms. The number of imidazole rings is 1. The minimum Gasteiger partial charge on any atom is -0.456 e. The lowest BCUT2D eigenvalue weighted by Gasteiger charge is -2.19. The number of aromatic amines is 1. The second kappa shape index (κ2) is 5.01. The van der Waals surface area contributed by atoms with E-state index in [0.29, 0.717) is 18.5 Å². The number of rotatable bonds is 3. The van der Waals surface area contributed by atoms with Crippen LogP contribution in [0.2, 0.25) is 0 Å². The highest BCUT2D eigenvalue weighted by Crippen LogP contribution is 2.17. The molecule has 0 saturated heterocycles. The summed E-state index contributed by atoms with van der Waals surface area (Å²) >= 11 is 0. The molecule has 5 heteroatoms. The summed E-state index contributed by atoms with van der Waals surface area (Å²) in [6.45, 7) is 6.08. The SMILES string of the molecule is CC(C)(C)OC(=O)c1ccc2nc(CCN)[nH]c2c1. The van der Waals surface area contributed by atoms with Crippen molar-refractivity contribution >= 4 is 17.0 Å². The molecule has 0 radical (unpaired) electrons. The Morgan fingerprint density at radius 3 is 2.79 bits per heavy atom. The van der Waals surface area contributed by atoms with Crippen LogP contribution in [-0.4, -0.2) is 28.1 Å². The number of nitrogens with one attached hydrogen (secondary N) is 1. The summed E-state index contributed by atoms with van der Waals surface area (Å²) in [4.78, 5) is 19.5. The molecule has 0 fully saturated rings. The van der Waals surface area contributed by atoms with E-state index in [1.54, 1.807) is 12.1 Å². The second-order valence-corrected chi connectivity index (χ2v) is 5.46. The van der Waals surface area contributed by atoms with Crippen molar-refractivity contribution in [3.63, 3.8) is 0 Å². The monoisotopic (exact) mass is 261 g/mol. The lowest BCUT2D eigenvalue weighted by molar-refractivity contribution is 0.00697. The van der Waals surface area contributed by atoms with Crippen LogP contribution in [0.3, 0.4) is 0 Å². The summed E-state index contributed by atoms with van der Waals surface area (Å²) in [6.07, 6.45) is 0.691. The average molecular weight is 261 g/mol. The van der Waals surface area contributed by atoms with E-state index in [9.17, 15) is 4.79 Å². The van der Waals surface area contributed by atoms with Gasteiger partial charge in [-0.25, -0.2) is 9.78 Å². The highest BCUT2D eigenvalue weighted by molar-refractivity contribution is 5.93. The quantitative estimate of drug-likeness (QED) is 0.828. The molecule has 2 rings (SSSR count). The van der Waals surface area contributed by atoms with E-state index in [1.807, 2.05) is 26.8 Å². The third-order valence-corrected chi connectivity index (χ3v) is 2.55. The van der Waals surface area contributed by atoms with Gasteiger partial charge >= 0.3 is 5.97 Å². The molecule has 0 amide bonds. The van der Waals surface area contributed by atoms with Crippen LogP contribution in [-0.2, 0) is 11.2 Å². The number of nitrogens with two attached hydrogens (primary N) is 1. The summed E-state index contributed by atoms with van der Waals surface area (Å²) in [5, 5.41) is 0.